The fraction of sp³-hybridized carbons (Fsp3) is 0.0909. The number of halogens is 1. The molecule has 0 aliphatic carbocycles. The number of imidazole rings is 1. The van der Waals surface area contributed by atoms with Crippen molar-refractivity contribution >= 4 is 23.4 Å². The van der Waals surface area contributed by atoms with Gasteiger partial charge in [0.15, 0.2) is 11.3 Å². The zero-order chi connectivity index (χ0) is 12.7. The first-order chi connectivity index (χ1) is 8.65. The van der Waals surface area contributed by atoms with Gasteiger partial charge in [-0.25, -0.2) is 9.37 Å². The molecule has 1 aliphatic heterocycles. The highest BCUT2D eigenvalue weighted by atomic mass is 32.2. The van der Waals surface area contributed by atoms with E-state index in [1.807, 2.05) is 0 Å². The topological polar surface area (TPSA) is 78.0 Å². The highest BCUT2D eigenvalue weighted by Crippen LogP contribution is 2.37. The van der Waals surface area contributed by atoms with Crippen molar-refractivity contribution in [1.29, 1.82) is 0 Å². The van der Waals surface area contributed by atoms with Gasteiger partial charge < -0.3 is 15.4 Å². The fourth-order valence-electron chi connectivity index (χ4n) is 1.73. The minimum absolute atomic E-state index is 0.265. The summed E-state index contributed by atoms with van der Waals surface area (Å²) in [6, 6.07) is 2.66. The van der Waals surface area contributed by atoms with Gasteiger partial charge in [-0.3, -0.25) is 4.79 Å². The van der Waals surface area contributed by atoms with Crippen molar-refractivity contribution in [2.24, 2.45) is 0 Å². The molecule has 1 amide bonds. The van der Waals surface area contributed by atoms with Crippen molar-refractivity contribution in [2.75, 3.05) is 5.32 Å². The van der Waals surface area contributed by atoms with Crippen LogP contribution in [-0.4, -0.2) is 21.0 Å². The molecule has 3 rings (SSSR count). The molecule has 3 N–H and O–H groups in total. The molecule has 0 bridgehead atoms. The molecule has 2 heterocycles. The monoisotopic (exact) mass is 265 g/mol. The highest BCUT2D eigenvalue weighted by Gasteiger charge is 2.30. The predicted octanol–water partition coefficient (Wildman–Crippen LogP) is 1.69. The van der Waals surface area contributed by atoms with Crippen LogP contribution in [0.4, 0.5) is 10.1 Å². The van der Waals surface area contributed by atoms with Crippen molar-refractivity contribution < 1.29 is 14.3 Å². The number of rotatable bonds is 2. The van der Waals surface area contributed by atoms with Gasteiger partial charge in [-0.1, -0.05) is 0 Å². The lowest BCUT2D eigenvalue weighted by molar-refractivity contribution is -0.123. The second-order valence-electron chi connectivity index (χ2n) is 3.76. The lowest BCUT2D eigenvalue weighted by Crippen LogP contribution is -2.10. The van der Waals surface area contributed by atoms with E-state index >= 15 is 0 Å². The van der Waals surface area contributed by atoms with Gasteiger partial charge >= 0.3 is 0 Å². The summed E-state index contributed by atoms with van der Waals surface area (Å²) in [5.41, 5.74) is 0.698. The summed E-state index contributed by atoms with van der Waals surface area (Å²) < 4.78 is 13.8. The van der Waals surface area contributed by atoms with Gasteiger partial charge in [-0.15, -0.1) is 0 Å². The van der Waals surface area contributed by atoms with Crippen LogP contribution in [0.25, 0.3) is 0 Å². The largest absolute Gasteiger partial charge is 0.378 e. The summed E-state index contributed by atoms with van der Waals surface area (Å²) in [7, 11) is 0. The van der Waals surface area contributed by atoms with E-state index in [1.165, 1.54) is 12.1 Å². The summed E-state index contributed by atoms with van der Waals surface area (Å²) in [4.78, 5) is 18.4. The second kappa shape index (κ2) is 4.11. The van der Waals surface area contributed by atoms with Gasteiger partial charge in [0.1, 0.15) is 5.82 Å². The molecule has 1 aromatic carbocycles. The Balaban J connectivity index is 1.98. The van der Waals surface area contributed by atoms with Crippen LogP contribution in [0.3, 0.4) is 0 Å². The third-order valence-electron chi connectivity index (χ3n) is 2.58. The van der Waals surface area contributed by atoms with Crippen LogP contribution in [0.5, 0.6) is 0 Å². The zero-order valence-corrected chi connectivity index (χ0v) is 9.79. The van der Waals surface area contributed by atoms with Crippen LogP contribution < -0.4 is 5.32 Å². The first-order valence-corrected chi connectivity index (χ1v) is 5.96. The summed E-state index contributed by atoms with van der Waals surface area (Å²) in [6.45, 7) is 0. The molecule has 0 fully saturated rings. The quantitative estimate of drug-likeness (QED) is 0.772. The first-order valence-electron chi connectivity index (χ1n) is 5.15. The van der Waals surface area contributed by atoms with Crippen LogP contribution in [0, 0.1) is 5.82 Å². The van der Waals surface area contributed by atoms with Crippen molar-refractivity contribution in [3.8, 4) is 0 Å². The van der Waals surface area contributed by atoms with Gasteiger partial charge in [0.25, 0.3) is 5.91 Å². The molecule has 0 saturated heterocycles. The number of benzene rings is 1. The normalized spacial score (nSPS) is 17.7. The number of aromatic nitrogens is 2. The van der Waals surface area contributed by atoms with Crippen LogP contribution >= 0.6 is 11.8 Å². The number of hydrogen-bond acceptors (Lipinski definition) is 4. The maximum Gasteiger partial charge on any atom is 0.257 e. The maximum atomic E-state index is 13.8. The Morgan fingerprint density at radius 1 is 1.44 bits per heavy atom. The molecule has 18 heavy (non-hydrogen) atoms. The van der Waals surface area contributed by atoms with Crippen molar-refractivity contribution in [1.82, 2.24) is 9.97 Å². The number of carbonyl (C=O) groups excluding carboxylic acids is 1. The molecule has 92 valence electrons. The molecular formula is C11H8FN3O2S. The van der Waals surface area contributed by atoms with Gasteiger partial charge in [0, 0.05) is 23.6 Å². The molecular weight excluding hydrogens is 257 g/mol. The number of aromatic amines is 1. The molecule has 0 saturated carbocycles. The number of amides is 1. The van der Waals surface area contributed by atoms with E-state index in [1.54, 1.807) is 12.4 Å². The molecule has 0 radical (unpaired) electrons. The van der Waals surface area contributed by atoms with Crippen molar-refractivity contribution in [3.63, 3.8) is 0 Å². The Bertz CT molecular complexity index is 615. The van der Waals surface area contributed by atoms with Crippen LogP contribution in [0.2, 0.25) is 0 Å². The Labute approximate surface area is 105 Å². The summed E-state index contributed by atoms with van der Waals surface area (Å²) in [5, 5.41) is 12.6. The van der Waals surface area contributed by atoms with E-state index in [0.717, 1.165) is 11.8 Å². The molecule has 2 aromatic rings. The fourth-order valence-corrected chi connectivity index (χ4v) is 2.52. The number of anilines is 1. The minimum Gasteiger partial charge on any atom is -0.378 e. The average molecular weight is 265 g/mol. The van der Waals surface area contributed by atoms with Crippen molar-refractivity contribution in [2.45, 2.75) is 16.2 Å². The Kier molecular flexibility index (Phi) is 2.57. The van der Waals surface area contributed by atoms with E-state index in [2.05, 4.69) is 15.3 Å². The van der Waals surface area contributed by atoms with E-state index in [0.29, 0.717) is 15.7 Å². The van der Waals surface area contributed by atoms with E-state index < -0.39 is 17.8 Å². The van der Waals surface area contributed by atoms with E-state index in [-0.39, 0.29) is 5.56 Å². The van der Waals surface area contributed by atoms with Gasteiger partial charge in [0.2, 0.25) is 0 Å². The highest BCUT2D eigenvalue weighted by molar-refractivity contribution is 7.99. The molecule has 1 aromatic heterocycles. The van der Waals surface area contributed by atoms with Crippen molar-refractivity contribution in [3.05, 3.63) is 35.9 Å². The van der Waals surface area contributed by atoms with Crippen LogP contribution in [0.1, 0.15) is 11.7 Å². The number of aliphatic hydroxyl groups is 1. The second-order valence-corrected chi connectivity index (χ2v) is 4.79. The number of nitrogens with zero attached hydrogens (tertiary/aromatic N) is 1. The third-order valence-corrected chi connectivity index (χ3v) is 3.53. The molecule has 1 unspecified atom stereocenters. The number of fused-ring (bicyclic) bond motifs is 1. The predicted molar refractivity (Wildman–Crippen MR) is 62.7 cm³/mol. The number of hydrogen-bond donors (Lipinski definition) is 3. The summed E-state index contributed by atoms with van der Waals surface area (Å²) >= 11 is 1.11. The van der Waals surface area contributed by atoms with Gasteiger partial charge in [-0.2, -0.15) is 0 Å². The molecule has 1 atom stereocenters. The van der Waals surface area contributed by atoms with E-state index in [9.17, 15) is 14.3 Å². The molecule has 5 nitrogen and oxygen atoms in total. The average Bonchev–Trinajstić information content (AvgIpc) is 2.92. The summed E-state index contributed by atoms with van der Waals surface area (Å²) in [5.74, 6) is -1.03. The molecule has 7 heteroatoms. The Morgan fingerprint density at radius 3 is 3.00 bits per heavy atom. The standard InChI is InChI=1S/C11H8FN3O2S/c12-6-3-5-7(15-10(17)9(5)16)4-8(6)18-11-13-1-2-14-11/h1-4,9,16H,(H,13,14)(H,15,17). The Hall–Kier alpha value is -1.86. The zero-order valence-electron chi connectivity index (χ0n) is 8.98. The number of carbonyl (C=O) groups is 1. The minimum atomic E-state index is -1.29. The lowest BCUT2D eigenvalue weighted by atomic mass is 10.1. The number of H-pyrrole nitrogens is 1. The SMILES string of the molecule is O=C1Nc2cc(Sc3ncc[nH]3)c(F)cc2C1O. The molecule has 1 aliphatic rings. The van der Waals surface area contributed by atoms with Gasteiger partial charge in [0.05, 0.1) is 4.90 Å². The van der Waals surface area contributed by atoms with Gasteiger partial charge in [-0.05, 0) is 23.9 Å². The summed E-state index contributed by atoms with van der Waals surface area (Å²) in [6.07, 6.45) is 1.91. The molecule has 0 spiro atoms. The van der Waals surface area contributed by atoms with E-state index in [4.69, 9.17) is 0 Å². The maximum absolute atomic E-state index is 13.8. The van der Waals surface area contributed by atoms with Crippen LogP contribution in [0.15, 0.2) is 34.6 Å². The third kappa shape index (κ3) is 1.77. The van der Waals surface area contributed by atoms with Crippen LogP contribution in [-0.2, 0) is 4.79 Å². The number of nitrogens with one attached hydrogen (secondary N) is 2. The smallest absolute Gasteiger partial charge is 0.257 e. The number of aliphatic hydroxyl groups excluding tert-OH is 1. The Morgan fingerprint density at radius 2 is 2.28 bits per heavy atom. The first kappa shape index (κ1) is 11.2. The lowest BCUT2D eigenvalue weighted by Gasteiger charge is -2.05.